The molecule has 0 fully saturated rings. The lowest BCUT2D eigenvalue weighted by molar-refractivity contribution is -0.157. The summed E-state index contributed by atoms with van der Waals surface area (Å²) in [7, 11) is 0. The highest BCUT2D eigenvalue weighted by atomic mass is 32.2. The number of rotatable bonds is 8. The van der Waals surface area contributed by atoms with E-state index in [-0.39, 0.29) is 6.61 Å². The number of fused-ring (bicyclic) bond motifs is 1. The van der Waals surface area contributed by atoms with Gasteiger partial charge in [0.2, 0.25) is 0 Å². The second-order valence-electron chi connectivity index (χ2n) is 9.72. The van der Waals surface area contributed by atoms with Crippen molar-refractivity contribution in [3.05, 3.63) is 102 Å². The fraction of sp³-hybridized carbons (Fsp3) is 0.267. The molecular formula is C30H32N2O4S. The summed E-state index contributed by atoms with van der Waals surface area (Å²) in [4.78, 5) is 30.2. The molecule has 0 bridgehead atoms. The maximum absolute atomic E-state index is 13.7. The third-order valence-corrected chi connectivity index (χ3v) is 6.59. The number of aromatic amines is 1. The first-order chi connectivity index (χ1) is 17.8. The molecule has 6 nitrogen and oxygen atoms in total. The second kappa shape index (κ2) is 11.6. The molecule has 0 aliphatic heterocycles. The number of amides is 1. The van der Waals surface area contributed by atoms with Crippen LogP contribution in [0.5, 0.6) is 0 Å². The highest BCUT2D eigenvalue weighted by Gasteiger charge is 2.38. The van der Waals surface area contributed by atoms with E-state index < -0.39 is 29.6 Å². The van der Waals surface area contributed by atoms with E-state index in [4.69, 9.17) is 9.47 Å². The first-order valence-electron chi connectivity index (χ1n) is 12.2. The number of esters is 1. The molecule has 0 saturated carbocycles. The van der Waals surface area contributed by atoms with Crippen molar-refractivity contribution in [2.24, 2.45) is 0 Å². The summed E-state index contributed by atoms with van der Waals surface area (Å²) >= 11 is 1.56. The Morgan fingerprint density at radius 1 is 0.919 bits per heavy atom. The molecule has 0 spiro atoms. The van der Waals surface area contributed by atoms with Crippen LogP contribution in [0, 0.1) is 0 Å². The Labute approximate surface area is 221 Å². The lowest BCUT2D eigenvalue weighted by Gasteiger charge is -2.30. The van der Waals surface area contributed by atoms with E-state index in [1.807, 2.05) is 112 Å². The Morgan fingerprint density at radius 3 is 2.19 bits per heavy atom. The molecule has 1 amide bonds. The van der Waals surface area contributed by atoms with Gasteiger partial charge in [-0.15, -0.1) is 11.8 Å². The van der Waals surface area contributed by atoms with E-state index in [1.54, 1.807) is 11.8 Å². The number of carbonyl (C=O) groups excluding carboxylic acids is 2. The molecule has 37 heavy (non-hydrogen) atoms. The molecule has 1 aromatic heterocycles. The monoisotopic (exact) mass is 516 g/mol. The van der Waals surface area contributed by atoms with Crippen molar-refractivity contribution in [2.75, 3.05) is 6.26 Å². The van der Waals surface area contributed by atoms with Gasteiger partial charge < -0.3 is 19.8 Å². The maximum atomic E-state index is 13.7. The zero-order valence-electron chi connectivity index (χ0n) is 21.5. The molecule has 2 atom stereocenters. The van der Waals surface area contributed by atoms with Crippen molar-refractivity contribution in [1.29, 1.82) is 0 Å². The molecule has 4 rings (SSSR count). The van der Waals surface area contributed by atoms with Gasteiger partial charge in [0, 0.05) is 22.4 Å². The average molecular weight is 517 g/mol. The first kappa shape index (κ1) is 26.4. The fourth-order valence-electron chi connectivity index (χ4n) is 4.33. The summed E-state index contributed by atoms with van der Waals surface area (Å²) in [5.74, 6) is -1.06. The molecular weight excluding hydrogens is 484 g/mol. The van der Waals surface area contributed by atoms with Crippen molar-refractivity contribution < 1.29 is 19.1 Å². The van der Waals surface area contributed by atoms with E-state index in [0.29, 0.717) is 0 Å². The molecule has 0 saturated heterocycles. The third kappa shape index (κ3) is 6.54. The molecule has 192 valence electrons. The zero-order chi connectivity index (χ0) is 26.4. The van der Waals surface area contributed by atoms with Gasteiger partial charge in [0.15, 0.2) is 0 Å². The van der Waals surface area contributed by atoms with E-state index in [9.17, 15) is 9.59 Å². The molecule has 2 unspecified atom stereocenters. The summed E-state index contributed by atoms with van der Waals surface area (Å²) in [6.07, 6.45) is 1.30. The van der Waals surface area contributed by atoms with E-state index in [2.05, 4.69) is 10.3 Å². The number of hydrogen-bond acceptors (Lipinski definition) is 5. The van der Waals surface area contributed by atoms with Crippen molar-refractivity contribution in [1.82, 2.24) is 10.3 Å². The maximum Gasteiger partial charge on any atom is 0.408 e. The van der Waals surface area contributed by atoms with Crippen LogP contribution in [-0.2, 0) is 20.9 Å². The number of carbonyl (C=O) groups is 2. The Bertz CT molecular complexity index is 1350. The van der Waals surface area contributed by atoms with Crippen molar-refractivity contribution in [3.63, 3.8) is 0 Å². The summed E-state index contributed by atoms with van der Waals surface area (Å²) in [5.41, 5.74) is 2.87. The van der Waals surface area contributed by atoms with Crippen molar-refractivity contribution in [3.8, 4) is 0 Å². The van der Waals surface area contributed by atoms with Crippen molar-refractivity contribution in [2.45, 2.75) is 50.0 Å². The summed E-state index contributed by atoms with van der Waals surface area (Å²) in [6.45, 7) is 5.53. The standard InChI is InChI=1S/C30H32N2O4S/c1-30(2,3)36-28(33)26(32-29(34)35-19-20-13-7-5-8-14-20)24(21-15-9-6-10-16-21)25-22-17-11-12-18-23(22)31-27(25)37-4/h5-18,24,26,31H,19H2,1-4H3,(H,32,34). The van der Waals surface area contributed by atoms with Gasteiger partial charge in [-0.05, 0) is 44.2 Å². The minimum Gasteiger partial charge on any atom is -0.458 e. The predicted molar refractivity (Wildman–Crippen MR) is 148 cm³/mol. The number of ether oxygens (including phenoxy) is 2. The van der Waals surface area contributed by atoms with Crippen LogP contribution in [0.3, 0.4) is 0 Å². The van der Waals surface area contributed by atoms with Crippen LogP contribution in [0.15, 0.2) is 90.0 Å². The van der Waals surface area contributed by atoms with Crippen LogP contribution in [0.1, 0.15) is 43.4 Å². The molecule has 2 N–H and O–H groups in total. The molecule has 7 heteroatoms. The van der Waals surface area contributed by atoms with Crippen LogP contribution >= 0.6 is 11.8 Å². The largest absolute Gasteiger partial charge is 0.458 e. The van der Waals surface area contributed by atoms with Gasteiger partial charge in [-0.2, -0.15) is 0 Å². The number of H-pyrrole nitrogens is 1. The topological polar surface area (TPSA) is 80.4 Å². The quantitative estimate of drug-likeness (QED) is 0.202. The molecule has 0 aliphatic rings. The Morgan fingerprint density at radius 2 is 1.54 bits per heavy atom. The number of benzene rings is 3. The SMILES string of the molecule is CSc1[nH]c2ccccc2c1C(c1ccccc1)C(NC(=O)OCc1ccccc1)C(=O)OC(C)(C)C. The highest BCUT2D eigenvalue weighted by Crippen LogP contribution is 2.40. The van der Waals surface area contributed by atoms with Crippen LogP contribution < -0.4 is 5.32 Å². The smallest absolute Gasteiger partial charge is 0.408 e. The molecule has 1 heterocycles. The van der Waals surface area contributed by atoms with Crippen LogP contribution in [0.25, 0.3) is 10.9 Å². The lowest BCUT2D eigenvalue weighted by atomic mass is 9.84. The summed E-state index contributed by atoms with van der Waals surface area (Å²) < 4.78 is 11.3. The number of para-hydroxylation sites is 1. The van der Waals surface area contributed by atoms with Gasteiger partial charge in [-0.1, -0.05) is 78.9 Å². The summed E-state index contributed by atoms with van der Waals surface area (Å²) in [6, 6.07) is 26.1. The minimum absolute atomic E-state index is 0.0901. The van der Waals surface area contributed by atoms with Crippen molar-refractivity contribution >= 4 is 34.7 Å². The van der Waals surface area contributed by atoms with Crippen LogP contribution in [0.2, 0.25) is 0 Å². The average Bonchev–Trinajstić information content (AvgIpc) is 3.26. The zero-order valence-corrected chi connectivity index (χ0v) is 22.3. The van der Waals surface area contributed by atoms with Gasteiger partial charge in [0.25, 0.3) is 0 Å². The Hall–Kier alpha value is -3.71. The van der Waals surface area contributed by atoms with E-state index in [1.165, 1.54) is 0 Å². The fourth-order valence-corrected chi connectivity index (χ4v) is 5.00. The normalized spacial score (nSPS) is 13.1. The highest BCUT2D eigenvalue weighted by molar-refractivity contribution is 7.98. The minimum atomic E-state index is -1.03. The number of hydrogen-bond donors (Lipinski definition) is 2. The van der Waals surface area contributed by atoms with Gasteiger partial charge in [-0.3, -0.25) is 0 Å². The van der Waals surface area contributed by atoms with Gasteiger partial charge in [-0.25, -0.2) is 9.59 Å². The second-order valence-corrected chi connectivity index (χ2v) is 10.5. The Kier molecular flexibility index (Phi) is 8.24. The van der Waals surface area contributed by atoms with E-state index >= 15 is 0 Å². The number of alkyl carbamates (subject to hydrolysis) is 1. The van der Waals surface area contributed by atoms with Crippen LogP contribution in [0.4, 0.5) is 4.79 Å². The van der Waals surface area contributed by atoms with Gasteiger partial charge in [0.1, 0.15) is 18.2 Å². The number of nitrogens with one attached hydrogen (secondary N) is 2. The number of aromatic nitrogens is 1. The predicted octanol–water partition coefficient (Wildman–Crippen LogP) is 6.66. The molecule has 4 aromatic rings. The summed E-state index contributed by atoms with van der Waals surface area (Å²) in [5, 5.41) is 4.75. The first-order valence-corrected chi connectivity index (χ1v) is 13.4. The molecule has 3 aromatic carbocycles. The molecule has 0 radical (unpaired) electrons. The van der Waals surface area contributed by atoms with Gasteiger partial charge >= 0.3 is 12.1 Å². The van der Waals surface area contributed by atoms with Gasteiger partial charge in [0.05, 0.1) is 5.03 Å². The molecule has 0 aliphatic carbocycles. The van der Waals surface area contributed by atoms with E-state index in [0.717, 1.165) is 32.6 Å². The Balaban J connectivity index is 1.78. The lowest BCUT2D eigenvalue weighted by Crippen LogP contribution is -2.48. The third-order valence-electron chi connectivity index (χ3n) is 5.86. The number of thioether (sulfide) groups is 1. The van der Waals surface area contributed by atoms with Crippen LogP contribution in [-0.4, -0.2) is 34.9 Å².